The number of halogens is 1. The number of hydrogen-bond acceptors (Lipinski definition) is 3. The largest absolute Gasteiger partial charge is 0.497 e. The molecule has 0 amide bonds. The van der Waals surface area contributed by atoms with Crippen LogP contribution in [0.3, 0.4) is 0 Å². The highest BCUT2D eigenvalue weighted by molar-refractivity contribution is 9.10. The summed E-state index contributed by atoms with van der Waals surface area (Å²) in [6.07, 6.45) is 1.62. The topological polar surface area (TPSA) is 58.6 Å². The molecule has 0 aliphatic heterocycles. The van der Waals surface area contributed by atoms with Gasteiger partial charge in [0.2, 0.25) is 0 Å². The predicted octanol–water partition coefficient (Wildman–Crippen LogP) is 2.36. The fraction of sp³-hybridized carbons (Fsp3) is 0.250. The molecule has 0 fully saturated rings. The number of aliphatic carboxylic acids is 1. The van der Waals surface area contributed by atoms with Gasteiger partial charge in [-0.3, -0.25) is 10.1 Å². The maximum absolute atomic E-state index is 11.2. The van der Waals surface area contributed by atoms with Crippen LogP contribution in [-0.4, -0.2) is 24.7 Å². The third-order valence-electron chi connectivity index (χ3n) is 2.23. The Morgan fingerprint density at radius 3 is 2.94 bits per heavy atom. The summed E-state index contributed by atoms with van der Waals surface area (Å²) >= 11 is 3.34. The number of ether oxygens (including phenoxy) is 1. The van der Waals surface area contributed by atoms with Crippen LogP contribution in [0.5, 0.6) is 5.75 Å². The van der Waals surface area contributed by atoms with Crippen molar-refractivity contribution in [3.05, 3.63) is 40.9 Å². The van der Waals surface area contributed by atoms with Crippen molar-refractivity contribution < 1.29 is 14.6 Å². The lowest BCUT2D eigenvalue weighted by Gasteiger charge is -2.16. The standard InChI is InChI=1S/C12H14BrNO3/c1-3-6-14-11(12(15)16)9-7-8(17-2)4-5-10(9)13/h3-5,7,11,14H,1,6H2,2H3,(H,15,16). The van der Waals surface area contributed by atoms with E-state index in [1.165, 1.54) is 0 Å². The van der Waals surface area contributed by atoms with Crippen molar-refractivity contribution in [2.45, 2.75) is 6.04 Å². The summed E-state index contributed by atoms with van der Waals surface area (Å²) in [6, 6.07) is 4.43. The Hall–Kier alpha value is -1.33. The molecule has 17 heavy (non-hydrogen) atoms. The first kappa shape index (κ1) is 13.7. The molecule has 0 radical (unpaired) electrons. The van der Waals surface area contributed by atoms with Gasteiger partial charge in [-0.2, -0.15) is 0 Å². The number of carboxylic acid groups (broad SMARTS) is 1. The lowest BCUT2D eigenvalue weighted by Crippen LogP contribution is -2.28. The number of benzene rings is 1. The molecule has 1 aromatic carbocycles. The van der Waals surface area contributed by atoms with E-state index in [1.807, 2.05) is 0 Å². The third-order valence-corrected chi connectivity index (χ3v) is 2.95. The summed E-state index contributed by atoms with van der Waals surface area (Å²) in [6.45, 7) is 3.97. The van der Waals surface area contributed by atoms with Crippen LogP contribution in [0, 0.1) is 0 Å². The number of nitrogens with one attached hydrogen (secondary N) is 1. The smallest absolute Gasteiger partial charge is 0.325 e. The second-order valence-corrected chi connectivity index (χ2v) is 4.21. The van der Waals surface area contributed by atoms with Crippen LogP contribution in [-0.2, 0) is 4.79 Å². The Morgan fingerprint density at radius 1 is 1.71 bits per heavy atom. The quantitative estimate of drug-likeness (QED) is 0.792. The molecule has 5 heteroatoms. The molecule has 2 N–H and O–H groups in total. The van der Waals surface area contributed by atoms with E-state index in [2.05, 4.69) is 27.8 Å². The SMILES string of the molecule is C=CCNC(C(=O)O)c1cc(OC)ccc1Br. The molecule has 0 bridgehead atoms. The van der Waals surface area contributed by atoms with E-state index in [1.54, 1.807) is 31.4 Å². The maximum atomic E-state index is 11.2. The van der Waals surface area contributed by atoms with Crippen molar-refractivity contribution in [2.75, 3.05) is 13.7 Å². The van der Waals surface area contributed by atoms with Gasteiger partial charge in [-0.15, -0.1) is 6.58 Å². The highest BCUT2D eigenvalue weighted by Crippen LogP contribution is 2.28. The molecule has 1 aromatic rings. The van der Waals surface area contributed by atoms with Gasteiger partial charge >= 0.3 is 5.97 Å². The van der Waals surface area contributed by atoms with Crippen LogP contribution in [0.4, 0.5) is 0 Å². The van der Waals surface area contributed by atoms with Gasteiger partial charge in [0, 0.05) is 11.0 Å². The minimum atomic E-state index is -0.944. The predicted molar refractivity (Wildman–Crippen MR) is 69.3 cm³/mol. The maximum Gasteiger partial charge on any atom is 0.325 e. The van der Waals surface area contributed by atoms with Gasteiger partial charge in [-0.05, 0) is 23.8 Å². The molecule has 1 atom stereocenters. The number of carbonyl (C=O) groups is 1. The Bertz CT molecular complexity index is 420. The number of methoxy groups -OCH3 is 1. The second-order valence-electron chi connectivity index (χ2n) is 3.36. The van der Waals surface area contributed by atoms with Crippen molar-refractivity contribution in [1.82, 2.24) is 5.32 Å². The normalized spacial score (nSPS) is 11.9. The molecule has 0 saturated heterocycles. The monoisotopic (exact) mass is 299 g/mol. The van der Waals surface area contributed by atoms with E-state index in [-0.39, 0.29) is 0 Å². The summed E-state index contributed by atoms with van der Waals surface area (Å²) in [7, 11) is 1.54. The lowest BCUT2D eigenvalue weighted by atomic mass is 10.1. The Balaban J connectivity index is 3.07. The summed E-state index contributed by atoms with van der Waals surface area (Å²) in [5, 5.41) is 12.1. The van der Waals surface area contributed by atoms with Gasteiger partial charge in [-0.25, -0.2) is 0 Å². The highest BCUT2D eigenvalue weighted by Gasteiger charge is 2.21. The molecule has 4 nitrogen and oxygen atoms in total. The zero-order valence-electron chi connectivity index (χ0n) is 9.44. The molecule has 92 valence electrons. The first-order chi connectivity index (χ1) is 8.10. The van der Waals surface area contributed by atoms with Gasteiger partial charge < -0.3 is 9.84 Å². The zero-order valence-corrected chi connectivity index (χ0v) is 11.0. The van der Waals surface area contributed by atoms with E-state index in [0.29, 0.717) is 17.9 Å². The molecule has 0 saturated carbocycles. The lowest BCUT2D eigenvalue weighted by molar-refractivity contribution is -0.139. The Labute approximate surface area is 108 Å². The molecular formula is C12H14BrNO3. The van der Waals surface area contributed by atoms with Crippen molar-refractivity contribution >= 4 is 21.9 Å². The van der Waals surface area contributed by atoms with Gasteiger partial charge in [0.15, 0.2) is 0 Å². The first-order valence-corrected chi connectivity index (χ1v) is 5.80. The Morgan fingerprint density at radius 2 is 2.41 bits per heavy atom. The van der Waals surface area contributed by atoms with Crippen molar-refractivity contribution in [1.29, 1.82) is 0 Å². The van der Waals surface area contributed by atoms with Crippen molar-refractivity contribution in [3.8, 4) is 5.75 Å². The number of carboxylic acids is 1. The van der Waals surface area contributed by atoms with Gasteiger partial charge in [-0.1, -0.05) is 22.0 Å². The van der Waals surface area contributed by atoms with Crippen LogP contribution in [0.15, 0.2) is 35.3 Å². The van der Waals surface area contributed by atoms with Crippen molar-refractivity contribution in [3.63, 3.8) is 0 Å². The molecule has 0 heterocycles. The molecule has 0 spiro atoms. The van der Waals surface area contributed by atoms with Gasteiger partial charge in [0.05, 0.1) is 7.11 Å². The fourth-order valence-electron chi connectivity index (χ4n) is 1.40. The molecular weight excluding hydrogens is 286 g/mol. The molecule has 0 aliphatic rings. The average molecular weight is 300 g/mol. The van der Waals surface area contributed by atoms with Crippen LogP contribution < -0.4 is 10.1 Å². The zero-order chi connectivity index (χ0) is 12.8. The Kier molecular flexibility index (Phi) is 5.18. The first-order valence-electron chi connectivity index (χ1n) is 5.00. The minimum Gasteiger partial charge on any atom is -0.497 e. The molecule has 1 rings (SSSR count). The summed E-state index contributed by atoms with van der Waals surface area (Å²) < 4.78 is 5.81. The highest BCUT2D eigenvalue weighted by atomic mass is 79.9. The minimum absolute atomic E-state index is 0.417. The third kappa shape index (κ3) is 3.57. The summed E-state index contributed by atoms with van der Waals surface area (Å²) in [5.41, 5.74) is 0.624. The van der Waals surface area contributed by atoms with E-state index >= 15 is 0 Å². The molecule has 0 aliphatic carbocycles. The van der Waals surface area contributed by atoms with Crippen LogP contribution in [0.1, 0.15) is 11.6 Å². The van der Waals surface area contributed by atoms with Crippen LogP contribution in [0.25, 0.3) is 0 Å². The second kappa shape index (κ2) is 6.42. The fourth-order valence-corrected chi connectivity index (χ4v) is 1.88. The van der Waals surface area contributed by atoms with Gasteiger partial charge in [0.25, 0.3) is 0 Å². The van der Waals surface area contributed by atoms with E-state index in [4.69, 9.17) is 4.74 Å². The van der Waals surface area contributed by atoms with E-state index in [0.717, 1.165) is 4.47 Å². The van der Waals surface area contributed by atoms with Crippen LogP contribution >= 0.6 is 15.9 Å². The summed E-state index contributed by atoms with van der Waals surface area (Å²) in [4.78, 5) is 11.2. The van der Waals surface area contributed by atoms with E-state index < -0.39 is 12.0 Å². The van der Waals surface area contributed by atoms with E-state index in [9.17, 15) is 9.90 Å². The molecule has 0 aromatic heterocycles. The van der Waals surface area contributed by atoms with Crippen LogP contribution in [0.2, 0.25) is 0 Å². The molecule has 1 unspecified atom stereocenters. The van der Waals surface area contributed by atoms with Crippen molar-refractivity contribution in [2.24, 2.45) is 0 Å². The van der Waals surface area contributed by atoms with Gasteiger partial charge in [0.1, 0.15) is 11.8 Å². The number of hydrogen-bond donors (Lipinski definition) is 2. The average Bonchev–Trinajstić information content (AvgIpc) is 2.31. The number of rotatable bonds is 6. The summed E-state index contributed by atoms with van der Waals surface area (Å²) in [5.74, 6) is -0.323.